The van der Waals surface area contributed by atoms with Crippen molar-refractivity contribution in [3.63, 3.8) is 0 Å². The van der Waals surface area contributed by atoms with Gasteiger partial charge in [-0.3, -0.25) is 9.69 Å². The first-order chi connectivity index (χ1) is 7.14. The van der Waals surface area contributed by atoms with Gasteiger partial charge < -0.3 is 5.11 Å². The highest BCUT2D eigenvalue weighted by Crippen LogP contribution is 2.21. The van der Waals surface area contributed by atoms with Crippen LogP contribution in [-0.2, 0) is 4.79 Å². The third-order valence-electron chi connectivity index (χ3n) is 2.77. The minimum Gasteiger partial charge on any atom is -0.481 e. The molecule has 0 aromatic rings. The highest BCUT2D eigenvalue weighted by Gasteiger charge is 2.26. The predicted molar refractivity (Wildman–Crippen MR) is 67.6 cm³/mol. The van der Waals surface area contributed by atoms with E-state index in [9.17, 15) is 4.79 Å². The zero-order valence-corrected chi connectivity index (χ0v) is 11.6. The Kier molecular flexibility index (Phi) is 6.01. The van der Waals surface area contributed by atoms with Gasteiger partial charge in [0.25, 0.3) is 0 Å². The summed E-state index contributed by atoms with van der Waals surface area (Å²) in [4.78, 5) is 12.9. The van der Waals surface area contributed by atoms with E-state index < -0.39 is 5.97 Å². The van der Waals surface area contributed by atoms with Gasteiger partial charge in [-0.15, -0.1) is 0 Å². The quantitative estimate of drug-likeness (QED) is 0.761. The molecular weight excluding hydrogens is 202 g/mol. The van der Waals surface area contributed by atoms with Gasteiger partial charge in [-0.25, -0.2) is 0 Å². The van der Waals surface area contributed by atoms with E-state index >= 15 is 0 Å². The molecule has 0 saturated heterocycles. The first-order valence-corrected chi connectivity index (χ1v) is 6.13. The summed E-state index contributed by atoms with van der Waals surface area (Å²) < 4.78 is 0. The van der Waals surface area contributed by atoms with Gasteiger partial charge in [-0.1, -0.05) is 13.8 Å². The van der Waals surface area contributed by atoms with Crippen molar-refractivity contribution in [1.29, 1.82) is 0 Å². The summed E-state index contributed by atoms with van der Waals surface area (Å²) in [5.74, 6) is -0.0734. The zero-order chi connectivity index (χ0) is 12.9. The second-order valence-electron chi connectivity index (χ2n) is 5.99. The summed E-state index contributed by atoms with van der Waals surface area (Å²) in [5.41, 5.74) is 0.0315. The van der Waals surface area contributed by atoms with E-state index in [2.05, 4.69) is 46.4 Å². The lowest BCUT2D eigenvalue weighted by atomic mass is 9.97. The van der Waals surface area contributed by atoms with Crippen molar-refractivity contribution in [1.82, 2.24) is 4.90 Å². The number of carboxylic acid groups (broad SMARTS) is 1. The molecular formula is C13H27NO2. The standard InChI is InChI=1S/C13H27NO2/c1-10(2)9-11(3)14(13(4,5)6)8-7-12(15)16/h10-11H,7-9H2,1-6H3,(H,15,16). The fraction of sp³-hybridized carbons (Fsp3) is 0.923. The van der Waals surface area contributed by atoms with Gasteiger partial charge in [-0.2, -0.15) is 0 Å². The normalized spacial score (nSPS) is 14.5. The van der Waals surface area contributed by atoms with Crippen molar-refractivity contribution < 1.29 is 9.90 Å². The summed E-state index contributed by atoms with van der Waals surface area (Å²) in [5, 5.41) is 8.77. The molecule has 0 heterocycles. The van der Waals surface area contributed by atoms with Gasteiger partial charge in [0, 0.05) is 18.1 Å². The van der Waals surface area contributed by atoms with Crippen molar-refractivity contribution in [2.75, 3.05) is 6.54 Å². The number of nitrogens with zero attached hydrogens (tertiary/aromatic N) is 1. The van der Waals surface area contributed by atoms with E-state index in [-0.39, 0.29) is 12.0 Å². The van der Waals surface area contributed by atoms with Crippen LogP contribution in [0.4, 0.5) is 0 Å². The number of hydrogen-bond acceptors (Lipinski definition) is 2. The third kappa shape index (κ3) is 6.11. The molecule has 16 heavy (non-hydrogen) atoms. The number of rotatable bonds is 6. The molecule has 0 aliphatic heterocycles. The van der Waals surface area contributed by atoms with Crippen LogP contribution in [0.3, 0.4) is 0 Å². The molecule has 3 heteroatoms. The Morgan fingerprint density at radius 2 is 1.75 bits per heavy atom. The molecule has 0 radical (unpaired) electrons. The van der Waals surface area contributed by atoms with E-state index in [1.165, 1.54) is 0 Å². The Labute approximate surface area is 99.8 Å². The fourth-order valence-electron chi connectivity index (χ4n) is 2.24. The molecule has 0 rings (SSSR count). The van der Waals surface area contributed by atoms with Crippen LogP contribution in [0.25, 0.3) is 0 Å². The summed E-state index contributed by atoms with van der Waals surface area (Å²) in [6.07, 6.45) is 1.33. The van der Waals surface area contributed by atoms with Crippen LogP contribution in [0, 0.1) is 5.92 Å². The van der Waals surface area contributed by atoms with Crippen LogP contribution in [0.15, 0.2) is 0 Å². The van der Waals surface area contributed by atoms with Gasteiger partial charge in [0.1, 0.15) is 0 Å². The Morgan fingerprint density at radius 1 is 1.25 bits per heavy atom. The maximum absolute atomic E-state index is 10.6. The number of hydrogen-bond donors (Lipinski definition) is 1. The molecule has 0 amide bonds. The largest absolute Gasteiger partial charge is 0.481 e. The van der Waals surface area contributed by atoms with Crippen molar-refractivity contribution in [2.24, 2.45) is 5.92 Å². The molecule has 0 bridgehead atoms. The van der Waals surface area contributed by atoms with Crippen molar-refractivity contribution in [3.05, 3.63) is 0 Å². The van der Waals surface area contributed by atoms with Gasteiger partial charge in [-0.05, 0) is 40.0 Å². The smallest absolute Gasteiger partial charge is 0.304 e. The van der Waals surface area contributed by atoms with E-state index in [1.54, 1.807) is 0 Å². The van der Waals surface area contributed by atoms with Gasteiger partial charge in [0.2, 0.25) is 0 Å². The van der Waals surface area contributed by atoms with Crippen LogP contribution >= 0.6 is 0 Å². The van der Waals surface area contributed by atoms with Crippen LogP contribution < -0.4 is 0 Å². The molecule has 0 aromatic heterocycles. The molecule has 1 atom stereocenters. The molecule has 3 nitrogen and oxygen atoms in total. The molecule has 0 spiro atoms. The lowest BCUT2D eigenvalue weighted by Gasteiger charge is -2.40. The van der Waals surface area contributed by atoms with Crippen LogP contribution in [0.2, 0.25) is 0 Å². The SMILES string of the molecule is CC(C)CC(C)N(CCC(=O)O)C(C)(C)C. The maximum Gasteiger partial charge on any atom is 0.304 e. The topological polar surface area (TPSA) is 40.5 Å². The van der Waals surface area contributed by atoms with Gasteiger partial charge in [0.05, 0.1) is 6.42 Å². The van der Waals surface area contributed by atoms with E-state index in [0.29, 0.717) is 18.5 Å². The monoisotopic (exact) mass is 229 g/mol. The first-order valence-electron chi connectivity index (χ1n) is 6.13. The maximum atomic E-state index is 10.6. The molecule has 1 unspecified atom stereocenters. The lowest BCUT2D eigenvalue weighted by molar-refractivity contribution is -0.137. The minimum atomic E-state index is -0.717. The molecule has 0 aromatic carbocycles. The average Bonchev–Trinajstić information content (AvgIpc) is 1.98. The van der Waals surface area contributed by atoms with Crippen LogP contribution in [0.5, 0.6) is 0 Å². The number of carboxylic acids is 1. The second-order valence-corrected chi connectivity index (χ2v) is 5.99. The molecule has 0 aliphatic rings. The summed E-state index contributed by atoms with van der Waals surface area (Å²) in [6.45, 7) is 13.7. The fourth-order valence-corrected chi connectivity index (χ4v) is 2.24. The van der Waals surface area contributed by atoms with Crippen molar-refractivity contribution in [2.45, 2.75) is 66.0 Å². The van der Waals surface area contributed by atoms with Crippen LogP contribution in [0.1, 0.15) is 54.4 Å². The van der Waals surface area contributed by atoms with Gasteiger partial charge in [0.15, 0.2) is 0 Å². The lowest BCUT2D eigenvalue weighted by Crippen LogP contribution is -2.48. The molecule has 0 fully saturated rings. The zero-order valence-electron chi connectivity index (χ0n) is 11.6. The minimum absolute atomic E-state index is 0.0315. The van der Waals surface area contributed by atoms with E-state index in [4.69, 9.17) is 5.11 Å². The summed E-state index contributed by atoms with van der Waals surface area (Å²) in [7, 11) is 0. The Morgan fingerprint density at radius 3 is 2.06 bits per heavy atom. The Bertz CT molecular complexity index is 218. The molecule has 0 aliphatic carbocycles. The van der Waals surface area contributed by atoms with Crippen molar-refractivity contribution in [3.8, 4) is 0 Å². The number of carbonyl (C=O) groups is 1. The first kappa shape index (κ1) is 15.4. The third-order valence-corrected chi connectivity index (χ3v) is 2.77. The summed E-state index contributed by atoms with van der Waals surface area (Å²) >= 11 is 0. The molecule has 96 valence electrons. The molecule has 1 N–H and O–H groups in total. The summed E-state index contributed by atoms with van der Waals surface area (Å²) in [6, 6.07) is 0.430. The Balaban J connectivity index is 4.48. The van der Waals surface area contributed by atoms with E-state index in [0.717, 1.165) is 6.42 Å². The Hall–Kier alpha value is -0.570. The van der Waals surface area contributed by atoms with Crippen molar-refractivity contribution >= 4 is 5.97 Å². The highest BCUT2D eigenvalue weighted by atomic mass is 16.4. The highest BCUT2D eigenvalue weighted by molar-refractivity contribution is 5.66. The number of aliphatic carboxylic acids is 1. The van der Waals surface area contributed by atoms with Crippen LogP contribution in [-0.4, -0.2) is 34.1 Å². The second kappa shape index (κ2) is 6.24. The van der Waals surface area contributed by atoms with E-state index in [1.807, 2.05) is 0 Å². The molecule has 0 saturated carbocycles. The average molecular weight is 229 g/mol. The van der Waals surface area contributed by atoms with Gasteiger partial charge >= 0.3 is 5.97 Å². The predicted octanol–water partition coefficient (Wildman–Crippen LogP) is 3.00.